The SMILES string of the molecule is CCCCC(N)C(=O)O.CCCC[C@H](N)C(=O)O. The predicted octanol–water partition coefficient (Wildman–Crippen LogP) is 1.18. The van der Waals surface area contributed by atoms with E-state index in [0.29, 0.717) is 12.8 Å². The van der Waals surface area contributed by atoms with E-state index in [0.717, 1.165) is 25.7 Å². The van der Waals surface area contributed by atoms with Crippen LogP contribution in [0.15, 0.2) is 0 Å². The highest BCUT2D eigenvalue weighted by Gasteiger charge is 2.09. The highest BCUT2D eigenvalue weighted by molar-refractivity contribution is 5.73. The largest absolute Gasteiger partial charge is 0.480 e. The minimum absolute atomic E-state index is 0.589. The zero-order valence-electron chi connectivity index (χ0n) is 11.3. The van der Waals surface area contributed by atoms with E-state index in [1.807, 2.05) is 13.8 Å². The molecule has 108 valence electrons. The molecular weight excluding hydrogens is 236 g/mol. The fourth-order valence-electron chi connectivity index (χ4n) is 1.10. The van der Waals surface area contributed by atoms with Crippen LogP contribution in [0.4, 0.5) is 0 Å². The van der Waals surface area contributed by atoms with Crippen molar-refractivity contribution in [1.29, 1.82) is 0 Å². The summed E-state index contributed by atoms with van der Waals surface area (Å²) in [5.41, 5.74) is 10.4. The number of unbranched alkanes of at least 4 members (excludes halogenated alkanes) is 2. The molecule has 0 aliphatic heterocycles. The molecule has 0 rings (SSSR count). The number of nitrogens with two attached hydrogens (primary N) is 2. The number of hydrogen-bond acceptors (Lipinski definition) is 4. The summed E-state index contributed by atoms with van der Waals surface area (Å²) in [5, 5.41) is 16.6. The fourth-order valence-corrected chi connectivity index (χ4v) is 1.10. The molecule has 0 radical (unpaired) electrons. The first-order valence-electron chi connectivity index (χ1n) is 6.33. The van der Waals surface area contributed by atoms with Crippen LogP contribution in [0, 0.1) is 0 Å². The number of hydrogen-bond donors (Lipinski definition) is 4. The van der Waals surface area contributed by atoms with Gasteiger partial charge < -0.3 is 21.7 Å². The van der Waals surface area contributed by atoms with Gasteiger partial charge in [-0.05, 0) is 12.8 Å². The zero-order valence-corrected chi connectivity index (χ0v) is 11.3. The summed E-state index contributed by atoms with van der Waals surface area (Å²) in [7, 11) is 0. The molecule has 0 amide bonds. The second-order valence-electron chi connectivity index (χ2n) is 4.17. The summed E-state index contributed by atoms with van der Waals surface area (Å²) < 4.78 is 0. The van der Waals surface area contributed by atoms with Crippen LogP contribution in [-0.2, 0) is 9.59 Å². The third-order valence-electron chi connectivity index (χ3n) is 2.37. The Labute approximate surface area is 108 Å². The van der Waals surface area contributed by atoms with Crippen LogP contribution in [0.25, 0.3) is 0 Å². The number of carbonyl (C=O) groups is 2. The Kier molecular flexibility index (Phi) is 13.1. The van der Waals surface area contributed by atoms with E-state index >= 15 is 0 Å². The van der Waals surface area contributed by atoms with Crippen molar-refractivity contribution in [1.82, 2.24) is 0 Å². The van der Waals surface area contributed by atoms with Crippen LogP contribution < -0.4 is 11.5 Å². The van der Waals surface area contributed by atoms with Gasteiger partial charge in [0.2, 0.25) is 0 Å². The van der Waals surface area contributed by atoms with Gasteiger partial charge in [-0.1, -0.05) is 39.5 Å². The van der Waals surface area contributed by atoms with Gasteiger partial charge >= 0.3 is 11.9 Å². The monoisotopic (exact) mass is 262 g/mol. The van der Waals surface area contributed by atoms with Crippen molar-refractivity contribution in [2.45, 2.75) is 64.5 Å². The maximum Gasteiger partial charge on any atom is 0.320 e. The van der Waals surface area contributed by atoms with Crippen LogP contribution in [-0.4, -0.2) is 34.2 Å². The highest BCUT2D eigenvalue weighted by Crippen LogP contribution is 1.97. The zero-order chi connectivity index (χ0) is 14.6. The molecule has 0 saturated carbocycles. The first-order valence-corrected chi connectivity index (χ1v) is 6.33. The lowest BCUT2D eigenvalue weighted by atomic mass is 10.1. The van der Waals surface area contributed by atoms with Gasteiger partial charge in [-0.3, -0.25) is 9.59 Å². The molecule has 6 nitrogen and oxygen atoms in total. The van der Waals surface area contributed by atoms with Gasteiger partial charge in [0.1, 0.15) is 12.1 Å². The van der Waals surface area contributed by atoms with Gasteiger partial charge in [0.15, 0.2) is 0 Å². The fraction of sp³-hybridized carbons (Fsp3) is 0.833. The Morgan fingerprint density at radius 2 is 1.17 bits per heavy atom. The highest BCUT2D eigenvalue weighted by atomic mass is 16.4. The Morgan fingerprint density at radius 3 is 1.33 bits per heavy atom. The molecule has 0 aromatic rings. The van der Waals surface area contributed by atoms with E-state index in [2.05, 4.69) is 0 Å². The standard InChI is InChI=1S/2C6H13NO2/c2*1-2-3-4-5(7)6(8)9/h2*5H,2-4,7H2,1H3,(H,8,9)/t5-;/m0./s1. The normalized spacial score (nSPS) is 13.1. The van der Waals surface area contributed by atoms with E-state index in [9.17, 15) is 9.59 Å². The summed E-state index contributed by atoms with van der Waals surface area (Å²) in [6.07, 6.45) is 4.97. The lowest BCUT2D eigenvalue weighted by Gasteiger charge is -2.02. The first-order chi connectivity index (χ1) is 8.36. The van der Waals surface area contributed by atoms with Crippen molar-refractivity contribution in [3.63, 3.8) is 0 Å². The van der Waals surface area contributed by atoms with Gasteiger partial charge in [0.25, 0.3) is 0 Å². The smallest absolute Gasteiger partial charge is 0.320 e. The van der Waals surface area contributed by atoms with Crippen molar-refractivity contribution in [2.24, 2.45) is 11.5 Å². The van der Waals surface area contributed by atoms with Gasteiger partial charge in [-0.15, -0.1) is 0 Å². The number of carboxylic acid groups (broad SMARTS) is 2. The summed E-state index contributed by atoms with van der Waals surface area (Å²) in [6.45, 7) is 4.02. The van der Waals surface area contributed by atoms with Gasteiger partial charge in [0.05, 0.1) is 0 Å². The molecule has 0 bridgehead atoms. The van der Waals surface area contributed by atoms with Crippen molar-refractivity contribution >= 4 is 11.9 Å². The number of rotatable bonds is 8. The maximum atomic E-state index is 10.1. The van der Waals surface area contributed by atoms with Crippen molar-refractivity contribution in [3.05, 3.63) is 0 Å². The van der Waals surface area contributed by atoms with Gasteiger partial charge in [0, 0.05) is 0 Å². The molecular formula is C12H26N2O4. The van der Waals surface area contributed by atoms with Crippen molar-refractivity contribution < 1.29 is 19.8 Å². The lowest BCUT2D eigenvalue weighted by molar-refractivity contribution is -0.139. The second kappa shape index (κ2) is 12.3. The average molecular weight is 262 g/mol. The van der Waals surface area contributed by atoms with E-state index < -0.39 is 24.0 Å². The third-order valence-corrected chi connectivity index (χ3v) is 2.37. The van der Waals surface area contributed by atoms with Crippen molar-refractivity contribution in [3.8, 4) is 0 Å². The minimum Gasteiger partial charge on any atom is -0.480 e. The Morgan fingerprint density at radius 1 is 0.889 bits per heavy atom. The average Bonchev–Trinajstić information content (AvgIpc) is 2.33. The molecule has 18 heavy (non-hydrogen) atoms. The molecule has 0 saturated heterocycles. The first kappa shape index (κ1) is 19.2. The van der Waals surface area contributed by atoms with E-state index in [4.69, 9.17) is 21.7 Å². The maximum absolute atomic E-state index is 10.1. The second-order valence-corrected chi connectivity index (χ2v) is 4.17. The van der Waals surface area contributed by atoms with E-state index in [-0.39, 0.29) is 0 Å². The molecule has 0 aliphatic carbocycles. The van der Waals surface area contributed by atoms with E-state index in [1.54, 1.807) is 0 Å². The Bertz CT molecular complexity index is 210. The summed E-state index contributed by atoms with van der Waals surface area (Å²) in [5.74, 6) is -1.80. The van der Waals surface area contributed by atoms with Crippen LogP contribution in [0.3, 0.4) is 0 Å². The molecule has 0 aliphatic rings. The minimum atomic E-state index is -0.900. The molecule has 2 atom stereocenters. The molecule has 0 heterocycles. The number of carboxylic acids is 2. The van der Waals surface area contributed by atoms with Crippen LogP contribution in [0.5, 0.6) is 0 Å². The molecule has 6 N–H and O–H groups in total. The summed E-state index contributed by atoms with van der Waals surface area (Å²) in [6, 6.07) is -1.32. The quantitative estimate of drug-likeness (QED) is 0.520. The van der Waals surface area contributed by atoms with Crippen LogP contribution in [0.2, 0.25) is 0 Å². The van der Waals surface area contributed by atoms with Gasteiger partial charge in [-0.25, -0.2) is 0 Å². The lowest BCUT2D eigenvalue weighted by Crippen LogP contribution is -2.29. The van der Waals surface area contributed by atoms with Crippen LogP contribution in [0.1, 0.15) is 52.4 Å². The Hall–Kier alpha value is -1.14. The molecule has 0 spiro atoms. The predicted molar refractivity (Wildman–Crippen MR) is 70.3 cm³/mol. The number of aliphatic carboxylic acids is 2. The topological polar surface area (TPSA) is 127 Å². The van der Waals surface area contributed by atoms with Gasteiger partial charge in [-0.2, -0.15) is 0 Å². The summed E-state index contributed by atoms with van der Waals surface area (Å²) >= 11 is 0. The molecule has 6 heteroatoms. The molecule has 0 aromatic carbocycles. The summed E-state index contributed by atoms with van der Waals surface area (Å²) in [4.78, 5) is 20.2. The Balaban J connectivity index is 0. The molecule has 1 unspecified atom stereocenters. The molecule has 0 fully saturated rings. The van der Waals surface area contributed by atoms with Crippen molar-refractivity contribution in [2.75, 3.05) is 0 Å². The van der Waals surface area contributed by atoms with Crippen LogP contribution >= 0.6 is 0 Å². The third kappa shape index (κ3) is 12.9. The van der Waals surface area contributed by atoms with E-state index in [1.165, 1.54) is 0 Å². The molecule has 0 aromatic heterocycles.